The summed E-state index contributed by atoms with van der Waals surface area (Å²) in [4.78, 5) is 4.37. The Labute approximate surface area is 132 Å². The lowest BCUT2D eigenvalue weighted by atomic mass is 9.91. The Balaban J connectivity index is 1.88. The monoisotopic (exact) mass is 328 g/mol. The summed E-state index contributed by atoms with van der Waals surface area (Å²) in [5.41, 5.74) is 1.83. The third-order valence-electron chi connectivity index (χ3n) is 4.13. The molecule has 0 aliphatic carbocycles. The average Bonchev–Trinajstić information content (AvgIpc) is 3.05. The van der Waals surface area contributed by atoms with Crippen LogP contribution in [0.25, 0.3) is 0 Å². The molecular formula is C16H19F3N2O2. The molecule has 2 heterocycles. The molecule has 0 amide bonds. The molecule has 126 valence electrons. The number of nitrogens with one attached hydrogen (secondary N) is 1. The molecule has 4 nitrogen and oxygen atoms in total. The van der Waals surface area contributed by atoms with E-state index >= 15 is 0 Å². The molecule has 0 aromatic heterocycles. The van der Waals surface area contributed by atoms with Crippen molar-refractivity contribution in [1.29, 1.82) is 0 Å². The molecule has 0 radical (unpaired) electrons. The lowest BCUT2D eigenvalue weighted by molar-refractivity contribution is -0.143. The number of amidine groups is 1. The van der Waals surface area contributed by atoms with Crippen LogP contribution in [0, 0.1) is 0 Å². The smallest absolute Gasteiger partial charge is 0.389 e. The molecule has 0 spiro atoms. The van der Waals surface area contributed by atoms with Crippen molar-refractivity contribution in [2.45, 2.75) is 37.6 Å². The standard InChI is InChI=1S/C16H19F3N2O2/c1-22-13-4-2-3-11-12(13)9-10(5-6-16(17,18)19)23-14(11)15-20-7-8-21-15/h2-4,10,14H,5-9H2,1H3,(H,20,21). The molecule has 0 saturated heterocycles. The van der Waals surface area contributed by atoms with E-state index in [2.05, 4.69) is 10.3 Å². The van der Waals surface area contributed by atoms with E-state index in [1.807, 2.05) is 18.2 Å². The first-order valence-corrected chi connectivity index (χ1v) is 7.64. The van der Waals surface area contributed by atoms with Gasteiger partial charge >= 0.3 is 6.18 Å². The Morgan fingerprint density at radius 1 is 1.39 bits per heavy atom. The van der Waals surface area contributed by atoms with Crippen molar-refractivity contribution in [1.82, 2.24) is 5.32 Å². The summed E-state index contributed by atoms with van der Waals surface area (Å²) in [6.45, 7) is 1.38. The summed E-state index contributed by atoms with van der Waals surface area (Å²) in [6, 6.07) is 5.61. The molecule has 1 aromatic carbocycles. The largest absolute Gasteiger partial charge is 0.496 e. The second-order valence-electron chi connectivity index (χ2n) is 5.72. The fraction of sp³-hybridized carbons (Fsp3) is 0.562. The average molecular weight is 328 g/mol. The van der Waals surface area contributed by atoms with Gasteiger partial charge in [-0.05, 0) is 18.1 Å². The van der Waals surface area contributed by atoms with Crippen LogP contribution in [-0.4, -0.2) is 38.3 Å². The van der Waals surface area contributed by atoms with Crippen LogP contribution < -0.4 is 10.1 Å². The van der Waals surface area contributed by atoms with Gasteiger partial charge in [0.05, 0.1) is 19.8 Å². The summed E-state index contributed by atoms with van der Waals surface area (Å²) in [5, 5.41) is 3.16. The maximum atomic E-state index is 12.5. The molecule has 0 bridgehead atoms. The van der Waals surface area contributed by atoms with E-state index in [0.29, 0.717) is 24.6 Å². The van der Waals surface area contributed by atoms with Crippen LogP contribution in [0.3, 0.4) is 0 Å². The van der Waals surface area contributed by atoms with E-state index in [0.717, 1.165) is 17.7 Å². The Kier molecular flexibility index (Phi) is 4.48. The molecule has 2 aliphatic rings. The molecule has 0 saturated carbocycles. The fourth-order valence-corrected chi connectivity index (χ4v) is 3.08. The van der Waals surface area contributed by atoms with E-state index in [9.17, 15) is 13.2 Å². The first-order chi connectivity index (χ1) is 11.0. The highest BCUT2D eigenvalue weighted by atomic mass is 19.4. The number of alkyl halides is 3. The summed E-state index contributed by atoms with van der Waals surface area (Å²) in [7, 11) is 1.57. The maximum Gasteiger partial charge on any atom is 0.389 e. The molecule has 23 heavy (non-hydrogen) atoms. The number of rotatable bonds is 4. The quantitative estimate of drug-likeness (QED) is 0.924. The number of hydrogen-bond donors (Lipinski definition) is 1. The van der Waals surface area contributed by atoms with Gasteiger partial charge in [0.25, 0.3) is 0 Å². The van der Waals surface area contributed by atoms with Crippen LogP contribution in [0.15, 0.2) is 23.2 Å². The van der Waals surface area contributed by atoms with Crippen LogP contribution in [0.1, 0.15) is 30.1 Å². The second-order valence-corrected chi connectivity index (χ2v) is 5.72. The SMILES string of the molecule is COc1cccc2c1CC(CCC(F)(F)F)OC2C1=NCCN1. The first-order valence-electron chi connectivity index (χ1n) is 7.64. The predicted octanol–water partition coefficient (Wildman–Crippen LogP) is 3.02. The Morgan fingerprint density at radius 3 is 2.87 bits per heavy atom. The van der Waals surface area contributed by atoms with Gasteiger partial charge < -0.3 is 14.8 Å². The zero-order valence-electron chi connectivity index (χ0n) is 12.8. The zero-order chi connectivity index (χ0) is 16.4. The van der Waals surface area contributed by atoms with Gasteiger partial charge in [-0.3, -0.25) is 4.99 Å². The number of benzene rings is 1. The minimum Gasteiger partial charge on any atom is -0.496 e. The van der Waals surface area contributed by atoms with Crippen molar-refractivity contribution in [3.63, 3.8) is 0 Å². The number of methoxy groups -OCH3 is 1. The Bertz CT molecular complexity index is 601. The van der Waals surface area contributed by atoms with Gasteiger partial charge in [0.15, 0.2) is 0 Å². The highest BCUT2D eigenvalue weighted by Crippen LogP contribution is 2.38. The minimum absolute atomic E-state index is 0.0647. The van der Waals surface area contributed by atoms with E-state index < -0.39 is 24.8 Å². The van der Waals surface area contributed by atoms with Gasteiger partial charge in [0.1, 0.15) is 17.7 Å². The van der Waals surface area contributed by atoms with E-state index in [-0.39, 0.29) is 6.42 Å². The van der Waals surface area contributed by atoms with E-state index in [1.54, 1.807) is 7.11 Å². The highest BCUT2D eigenvalue weighted by molar-refractivity contribution is 5.89. The summed E-state index contributed by atoms with van der Waals surface area (Å²) in [5.74, 6) is 1.38. The number of ether oxygens (including phenoxy) is 2. The van der Waals surface area contributed by atoms with Crippen LogP contribution in [0.4, 0.5) is 13.2 Å². The Morgan fingerprint density at radius 2 is 2.22 bits per heavy atom. The fourth-order valence-electron chi connectivity index (χ4n) is 3.08. The molecule has 3 rings (SSSR count). The molecule has 1 N–H and O–H groups in total. The van der Waals surface area contributed by atoms with Crippen molar-refractivity contribution in [2.75, 3.05) is 20.2 Å². The third-order valence-corrected chi connectivity index (χ3v) is 4.13. The van der Waals surface area contributed by atoms with Gasteiger partial charge in [-0.1, -0.05) is 12.1 Å². The van der Waals surface area contributed by atoms with Gasteiger partial charge in [0, 0.05) is 24.9 Å². The van der Waals surface area contributed by atoms with Crippen LogP contribution in [0.2, 0.25) is 0 Å². The molecule has 7 heteroatoms. The topological polar surface area (TPSA) is 42.9 Å². The normalized spacial score (nSPS) is 23.9. The maximum absolute atomic E-state index is 12.5. The van der Waals surface area contributed by atoms with Gasteiger partial charge in [0.2, 0.25) is 0 Å². The third kappa shape index (κ3) is 3.60. The van der Waals surface area contributed by atoms with Gasteiger partial charge in [-0.15, -0.1) is 0 Å². The highest BCUT2D eigenvalue weighted by Gasteiger charge is 2.36. The molecule has 0 fully saturated rings. The predicted molar refractivity (Wildman–Crippen MR) is 79.9 cm³/mol. The lowest BCUT2D eigenvalue weighted by Gasteiger charge is -2.33. The molecule has 1 aromatic rings. The first kappa shape index (κ1) is 16.1. The Hall–Kier alpha value is -1.76. The van der Waals surface area contributed by atoms with Crippen LogP contribution in [0.5, 0.6) is 5.75 Å². The molecule has 2 unspecified atom stereocenters. The molecule has 2 aliphatic heterocycles. The van der Waals surface area contributed by atoms with Gasteiger partial charge in [-0.2, -0.15) is 13.2 Å². The molecular weight excluding hydrogens is 309 g/mol. The summed E-state index contributed by atoms with van der Waals surface area (Å²) in [6.07, 6.45) is -5.63. The number of nitrogens with zero attached hydrogens (tertiary/aromatic N) is 1. The van der Waals surface area contributed by atoms with Gasteiger partial charge in [-0.25, -0.2) is 0 Å². The number of fused-ring (bicyclic) bond motifs is 1. The van der Waals surface area contributed by atoms with Crippen molar-refractivity contribution in [2.24, 2.45) is 4.99 Å². The van der Waals surface area contributed by atoms with E-state index in [1.165, 1.54) is 0 Å². The van der Waals surface area contributed by atoms with Crippen molar-refractivity contribution >= 4 is 5.84 Å². The number of hydrogen-bond acceptors (Lipinski definition) is 4. The number of halogens is 3. The summed E-state index contributed by atoms with van der Waals surface area (Å²) >= 11 is 0. The van der Waals surface area contributed by atoms with Crippen molar-refractivity contribution in [3.8, 4) is 5.75 Å². The summed E-state index contributed by atoms with van der Waals surface area (Å²) < 4.78 is 48.9. The van der Waals surface area contributed by atoms with Crippen LogP contribution in [-0.2, 0) is 11.2 Å². The minimum atomic E-state index is -4.18. The second kappa shape index (κ2) is 6.39. The van der Waals surface area contributed by atoms with Crippen molar-refractivity contribution in [3.05, 3.63) is 29.3 Å². The lowest BCUT2D eigenvalue weighted by Crippen LogP contribution is -2.36. The van der Waals surface area contributed by atoms with Crippen molar-refractivity contribution < 1.29 is 22.6 Å². The zero-order valence-corrected chi connectivity index (χ0v) is 12.8. The van der Waals surface area contributed by atoms with Crippen LogP contribution >= 0.6 is 0 Å². The molecule has 2 atom stereocenters. The number of aliphatic imine (C=N–C) groups is 1. The van der Waals surface area contributed by atoms with E-state index in [4.69, 9.17) is 9.47 Å².